The lowest BCUT2D eigenvalue weighted by molar-refractivity contribution is -0.113. The number of fused-ring (bicyclic) bond motifs is 1. The number of hydrogen-bond acceptors (Lipinski definition) is 6. The van der Waals surface area contributed by atoms with E-state index in [9.17, 15) is 4.79 Å². The van der Waals surface area contributed by atoms with Crippen LogP contribution in [-0.4, -0.2) is 37.4 Å². The fourth-order valence-corrected chi connectivity index (χ4v) is 4.22. The predicted octanol–water partition coefficient (Wildman–Crippen LogP) is 4.35. The van der Waals surface area contributed by atoms with Crippen LogP contribution < -0.4 is 19.1 Å². The van der Waals surface area contributed by atoms with Crippen molar-refractivity contribution in [2.45, 2.75) is 19.9 Å². The second-order valence-corrected chi connectivity index (χ2v) is 7.84. The molecule has 2 aliphatic rings. The molecule has 0 unspecified atom stereocenters. The van der Waals surface area contributed by atoms with Gasteiger partial charge in [-0.3, -0.25) is 14.7 Å². The van der Waals surface area contributed by atoms with Gasteiger partial charge in [0, 0.05) is 6.04 Å². The van der Waals surface area contributed by atoms with Gasteiger partial charge in [-0.05, 0) is 61.5 Å². The number of ether oxygens (including phenoxy) is 3. The molecule has 2 aliphatic heterocycles. The Hall–Kier alpha value is -2.93. The first-order valence-corrected chi connectivity index (χ1v) is 10.2. The van der Waals surface area contributed by atoms with Gasteiger partial charge in [0.15, 0.2) is 16.7 Å². The van der Waals surface area contributed by atoms with Crippen LogP contribution in [0.4, 0.5) is 5.69 Å². The SMILES string of the molecule is COc1ccccc1N1C(=O)/C(=C/c2ccc3c(c2)OCCO3)S/C1=N\C(C)C. The molecule has 1 saturated heterocycles. The van der Waals surface area contributed by atoms with Crippen LogP contribution in [0.5, 0.6) is 17.2 Å². The van der Waals surface area contributed by atoms with Gasteiger partial charge in [0.1, 0.15) is 19.0 Å². The molecule has 6 nitrogen and oxygen atoms in total. The average molecular weight is 410 g/mol. The van der Waals surface area contributed by atoms with Crippen LogP contribution in [0.15, 0.2) is 52.4 Å². The van der Waals surface area contributed by atoms with Gasteiger partial charge in [-0.2, -0.15) is 0 Å². The van der Waals surface area contributed by atoms with E-state index in [1.165, 1.54) is 11.8 Å². The van der Waals surface area contributed by atoms with E-state index >= 15 is 0 Å². The number of anilines is 1. The van der Waals surface area contributed by atoms with Gasteiger partial charge in [0.2, 0.25) is 0 Å². The summed E-state index contributed by atoms with van der Waals surface area (Å²) >= 11 is 1.36. The number of thioether (sulfide) groups is 1. The maximum Gasteiger partial charge on any atom is 0.271 e. The van der Waals surface area contributed by atoms with Crippen LogP contribution in [0.3, 0.4) is 0 Å². The van der Waals surface area contributed by atoms with Crippen molar-refractivity contribution < 1.29 is 19.0 Å². The van der Waals surface area contributed by atoms with E-state index < -0.39 is 0 Å². The summed E-state index contributed by atoms with van der Waals surface area (Å²) in [5.41, 5.74) is 1.55. The molecule has 7 heteroatoms. The molecule has 0 aromatic heterocycles. The lowest BCUT2D eigenvalue weighted by atomic mass is 10.1. The number of benzene rings is 2. The standard InChI is InChI=1S/C22H22N2O4S/c1-14(2)23-22-24(16-6-4-5-7-17(16)26-3)21(25)20(29-22)13-15-8-9-18-19(12-15)28-11-10-27-18/h4-9,12-14H,10-11H2,1-3H3/b20-13-,23-22-. The molecule has 150 valence electrons. The van der Waals surface area contributed by atoms with Crippen LogP contribution >= 0.6 is 11.8 Å². The lowest BCUT2D eigenvalue weighted by Crippen LogP contribution is -2.29. The second kappa shape index (κ2) is 8.21. The Morgan fingerprint density at radius 1 is 1.14 bits per heavy atom. The summed E-state index contributed by atoms with van der Waals surface area (Å²) in [5, 5.41) is 0.637. The summed E-state index contributed by atoms with van der Waals surface area (Å²) in [6.07, 6.45) is 1.86. The smallest absolute Gasteiger partial charge is 0.271 e. The molecule has 0 N–H and O–H groups in total. The van der Waals surface area contributed by atoms with Crippen LogP contribution in [0, 0.1) is 0 Å². The van der Waals surface area contributed by atoms with E-state index in [0.717, 1.165) is 11.3 Å². The van der Waals surface area contributed by atoms with Gasteiger partial charge in [0.05, 0.1) is 17.7 Å². The summed E-state index contributed by atoms with van der Waals surface area (Å²) in [4.78, 5) is 20.2. The van der Waals surface area contributed by atoms with Crippen LogP contribution in [0.25, 0.3) is 6.08 Å². The number of carbonyl (C=O) groups excluding carboxylic acids is 1. The van der Waals surface area contributed by atoms with Crippen LogP contribution in [-0.2, 0) is 4.79 Å². The topological polar surface area (TPSA) is 60.4 Å². The van der Waals surface area contributed by atoms with Crippen molar-refractivity contribution in [1.82, 2.24) is 0 Å². The summed E-state index contributed by atoms with van der Waals surface area (Å²) in [7, 11) is 1.59. The van der Waals surface area contributed by atoms with Gasteiger partial charge >= 0.3 is 0 Å². The van der Waals surface area contributed by atoms with Crippen LogP contribution in [0.1, 0.15) is 19.4 Å². The fourth-order valence-electron chi connectivity index (χ4n) is 3.11. The highest BCUT2D eigenvalue weighted by molar-refractivity contribution is 8.19. The van der Waals surface area contributed by atoms with Crippen molar-refractivity contribution in [2.24, 2.45) is 4.99 Å². The maximum atomic E-state index is 13.3. The largest absolute Gasteiger partial charge is 0.495 e. The molecule has 0 bridgehead atoms. The number of amidine groups is 1. The number of aliphatic imine (C=N–C) groups is 1. The first kappa shape index (κ1) is 19.4. The molecule has 0 radical (unpaired) electrons. The summed E-state index contributed by atoms with van der Waals surface area (Å²) in [6, 6.07) is 13.2. The van der Waals surface area contributed by atoms with E-state index in [-0.39, 0.29) is 11.9 Å². The Balaban J connectivity index is 1.73. The number of amides is 1. The lowest BCUT2D eigenvalue weighted by Gasteiger charge is -2.19. The van der Waals surface area contributed by atoms with E-state index in [1.807, 2.05) is 62.4 Å². The van der Waals surface area contributed by atoms with Gasteiger partial charge in [0.25, 0.3) is 5.91 Å². The number of methoxy groups -OCH3 is 1. The average Bonchev–Trinajstić information content (AvgIpc) is 3.01. The van der Waals surface area contributed by atoms with Gasteiger partial charge < -0.3 is 14.2 Å². The summed E-state index contributed by atoms with van der Waals surface area (Å²) < 4.78 is 16.7. The molecular weight excluding hydrogens is 388 g/mol. The minimum absolute atomic E-state index is 0.0520. The van der Waals surface area contributed by atoms with Crippen molar-refractivity contribution in [2.75, 3.05) is 25.2 Å². The Kier molecular flexibility index (Phi) is 5.49. The molecule has 2 heterocycles. The minimum atomic E-state index is -0.131. The molecular formula is C22H22N2O4S. The highest BCUT2D eigenvalue weighted by atomic mass is 32.2. The Labute approximate surface area is 174 Å². The molecule has 4 rings (SSSR count). The fraction of sp³-hybridized carbons (Fsp3) is 0.273. The zero-order chi connectivity index (χ0) is 20.4. The number of rotatable bonds is 4. The van der Waals surface area contributed by atoms with Crippen molar-refractivity contribution >= 4 is 34.6 Å². The Bertz CT molecular complexity index is 1000. The van der Waals surface area contributed by atoms with Gasteiger partial charge in [-0.15, -0.1) is 0 Å². The summed E-state index contributed by atoms with van der Waals surface area (Å²) in [6.45, 7) is 5.04. The first-order chi connectivity index (χ1) is 14.1. The molecule has 0 aliphatic carbocycles. The maximum absolute atomic E-state index is 13.3. The van der Waals surface area contributed by atoms with E-state index in [4.69, 9.17) is 14.2 Å². The van der Waals surface area contributed by atoms with Crippen molar-refractivity contribution in [3.05, 3.63) is 52.9 Å². The zero-order valence-corrected chi connectivity index (χ0v) is 17.4. The quantitative estimate of drug-likeness (QED) is 0.702. The van der Waals surface area contributed by atoms with Gasteiger partial charge in [-0.25, -0.2) is 0 Å². The monoisotopic (exact) mass is 410 g/mol. The molecule has 2 aromatic carbocycles. The van der Waals surface area contributed by atoms with Crippen LogP contribution in [0.2, 0.25) is 0 Å². The highest BCUT2D eigenvalue weighted by Gasteiger charge is 2.36. The number of hydrogen-bond donors (Lipinski definition) is 0. The van der Waals surface area contributed by atoms with Gasteiger partial charge in [-0.1, -0.05) is 18.2 Å². The normalized spacial score (nSPS) is 18.8. The molecule has 0 saturated carbocycles. The first-order valence-electron chi connectivity index (χ1n) is 9.41. The second-order valence-electron chi connectivity index (χ2n) is 6.83. The zero-order valence-electron chi connectivity index (χ0n) is 16.5. The highest BCUT2D eigenvalue weighted by Crippen LogP contribution is 2.40. The van der Waals surface area contributed by atoms with Crippen molar-refractivity contribution in [1.29, 1.82) is 0 Å². The number of nitrogens with zero attached hydrogens (tertiary/aromatic N) is 2. The molecule has 29 heavy (non-hydrogen) atoms. The number of para-hydroxylation sites is 2. The Morgan fingerprint density at radius 2 is 1.90 bits per heavy atom. The number of carbonyl (C=O) groups is 1. The Morgan fingerprint density at radius 3 is 2.66 bits per heavy atom. The van der Waals surface area contributed by atoms with Crippen molar-refractivity contribution in [3.63, 3.8) is 0 Å². The third kappa shape index (κ3) is 3.96. The van der Waals surface area contributed by atoms with E-state index in [1.54, 1.807) is 12.0 Å². The third-order valence-electron chi connectivity index (χ3n) is 4.37. The minimum Gasteiger partial charge on any atom is -0.495 e. The molecule has 1 amide bonds. The third-order valence-corrected chi connectivity index (χ3v) is 5.35. The van der Waals surface area contributed by atoms with Crippen molar-refractivity contribution in [3.8, 4) is 17.2 Å². The molecule has 1 fully saturated rings. The predicted molar refractivity (Wildman–Crippen MR) is 116 cm³/mol. The molecule has 2 aromatic rings. The molecule has 0 spiro atoms. The van der Waals surface area contributed by atoms with E-state index in [2.05, 4.69) is 4.99 Å². The van der Waals surface area contributed by atoms with E-state index in [0.29, 0.717) is 40.5 Å². The molecule has 0 atom stereocenters. The summed E-state index contributed by atoms with van der Waals surface area (Å²) in [5.74, 6) is 1.91.